The molecule has 88 valence electrons. The molecule has 1 unspecified atom stereocenters. The maximum absolute atomic E-state index is 6.23. The van der Waals surface area contributed by atoms with Crippen LogP contribution in [0.4, 0.5) is 0 Å². The van der Waals surface area contributed by atoms with Gasteiger partial charge in [-0.2, -0.15) is 0 Å². The number of rotatable bonds is 3. The number of hydrogen-bond donors (Lipinski definition) is 1. The third-order valence-electron chi connectivity index (χ3n) is 2.66. The zero-order valence-corrected chi connectivity index (χ0v) is 12.4. The quantitative estimate of drug-likeness (QED) is 0.865. The van der Waals surface area contributed by atoms with Crippen LogP contribution in [0.15, 0.2) is 57.5 Å². The van der Waals surface area contributed by atoms with Gasteiger partial charge in [-0.15, -0.1) is 0 Å². The van der Waals surface area contributed by atoms with Crippen molar-refractivity contribution in [3.05, 3.63) is 68.6 Å². The molecule has 0 fully saturated rings. The average Bonchev–Trinajstić information content (AvgIpc) is 2.30. The van der Waals surface area contributed by atoms with Crippen LogP contribution in [0.2, 0.25) is 0 Å². The molecular weight excluding hydrogens is 342 g/mol. The molecule has 0 spiro atoms. The van der Waals surface area contributed by atoms with E-state index >= 15 is 0 Å². The van der Waals surface area contributed by atoms with E-state index in [9.17, 15) is 0 Å². The Morgan fingerprint density at radius 3 is 2.35 bits per heavy atom. The average molecular weight is 355 g/mol. The minimum atomic E-state index is 0.0138. The fourth-order valence-corrected chi connectivity index (χ4v) is 3.12. The zero-order valence-electron chi connectivity index (χ0n) is 9.24. The van der Waals surface area contributed by atoms with Gasteiger partial charge in [-0.05, 0) is 29.7 Å². The summed E-state index contributed by atoms with van der Waals surface area (Å²) in [5, 5.41) is 0. The summed E-state index contributed by atoms with van der Waals surface area (Å²) >= 11 is 6.99. The van der Waals surface area contributed by atoms with Crippen molar-refractivity contribution in [3.8, 4) is 0 Å². The largest absolute Gasteiger partial charge is 0.324 e. The molecule has 1 atom stereocenters. The van der Waals surface area contributed by atoms with Gasteiger partial charge in [-0.1, -0.05) is 68.3 Å². The van der Waals surface area contributed by atoms with Gasteiger partial charge >= 0.3 is 0 Å². The van der Waals surface area contributed by atoms with Crippen LogP contribution >= 0.6 is 31.9 Å². The van der Waals surface area contributed by atoms with Crippen LogP contribution in [-0.4, -0.2) is 0 Å². The van der Waals surface area contributed by atoms with Crippen LogP contribution < -0.4 is 5.73 Å². The highest BCUT2D eigenvalue weighted by Gasteiger charge is 2.10. The third-order valence-corrected chi connectivity index (χ3v) is 3.84. The van der Waals surface area contributed by atoms with E-state index < -0.39 is 0 Å². The lowest BCUT2D eigenvalue weighted by molar-refractivity contribution is 0.718. The maximum atomic E-state index is 6.23. The molecule has 0 aliphatic heterocycles. The lowest BCUT2D eigenvalue weighted by Gasteiger charge is -2.14. The van der Waals surface area contributed by atoms with E-state index in [1.165, 1.54) is 5.56 Å². The summed E-state index contributed by atoms with van der Waals surface area (Å²) in [6.45, 7) is 0. The standard InChI is InChI=1S/C14H13Br2N/c15-11-6-7-12(13(16)9-11)14(17)8-10-4-2-1-3-5-10/h1-7,9,14H,8,17H2. The second-order valence-electron chi connectivity index (χ2n) is 3.96. The first kappa shape index (κ1) is 12.8. The molecule has 2 rings (SSSR count). The third kappa shape index (κ3) is 3.41. The van der Waals surface area contributed by atoms with Crippen molar-refractivity contribution in [1.82, 2.24) is 0 Å². The summed E-state index contributed by atoms with van der Waals surface area (Å²) in [6.07, 6.45) is 0.848. The van der Waals surface area contributed by atoms with Gasteiger partial charge in [0, 0.05) is 15.0 Å². The summed E-state index contributed by atoms with van der Waals surface area (Å²) in [5.41, 5.74) is 8.63. The highest BCUT2D eigenvalue weighted by Crippen LogP contribution is 2.27. The molecule has 0 aliphatic rings. The molecule has 0 saturated carbocycles. The molecule has 17 heavy (non-hydrogen) atoms. The SMILES string of the molecule is NC(Cc1ccccc1)c1ccc(Br)cc1Br. The normalized spacial score (nSPS) is 12.4. The van der Waals surface area contributed by atoms with E-state index in [1.807, 2.05) is 30.3 Å². The molecule has 2 aromatic rings. The summed E-state index contributed by atoms with van der Waals surface area (Å²) in [4.78, 5) is 0. The Hall–Kier alpha value is -0.640. The van der Waals surface area contributed by atoms with Gasteiger partial charge in [0.1, 0.15) is 0 Å². The van der Waals surface area contributed by atoms with Gasteiger partial charge in [0.05, 0.1) is 0 Å². The van der Waals surface area contributed by atoms with Gasteiger partial charge in [-0.25, -0.2) is 0 Å². The first-order chi connectivity index (χ1) is 8.16. The smallest absolute Gasteiger partial charge is 0.0347 e. The monoisotopic (exact) mass is 353 g/mol. The van der Waals surface area contributed by atoms with E-state index in [4.69, 9.17) is 5.73 Å². The molecule has 0 radical (unpaired) electrons. The molecule has 0 aromatic heterocycles. The van der Waals surface area contributed by atoms with Gasteiger partial charge in [0.15, 0.2) is 0 Å². The van der Waals surface area contributed by atoms with Crippen molar-refractivity contribution in [2.45, 2.75) is 12.5 Å². The fourth-order valence-electron chi connectivity index (χ4n) is 1.78. The Morgan fingerprint density at radius 1 is 1.00 bits per heavy atom. The summed E-state index contributed by atoms with van der Waals surface area (Å²) in [7, 11) is 0. The van der Waals surface area contributed by atoms with Crippen LogP contribution in [0.1, 0.15) is 17.2 Å². The number of hydrogen-bond acceptors (Lipinski definition) is 1. The Balaban J connectivity index is 2.17. The molecular formula is C14H13Br2N. The number of halogens is 2. The summed E-state index contributed by atoms with van der Waals surface area (Å²) < 4.78 is 2.11. The number of nitrogens with two attached hydrogens (primary N) is 1. The molecule has 2 N–H and O–H groups in total. The Kier molecular flexibility index (Phi) is 4.37. The van der Waals surface area contributed by atoms with Gasteiger partial charge < -0.3 is 5.73 Å². The molecule has 2 aromatic carbocycles. The lowest BCUT2D eigenvalue weighted by Crippen LogP contribution is -2.13. The highest BCUT2D eigenvalue weighted by atomic mass is 79.9. The van der Waals surface area contributed by atoms with E-state index in [2.05, 4.69) is 50.1 Å². The highest BCUT2D eigenvalue weighted by molar-refractivity contribution is 9.11. The lowest BCUT2D eigenvalue weighted by atomic mass is 10.00. The molecule has 0 saturated heterocycles. The van der Waals surface area contributed by atoms with Crippen LogP contribution in [0.5, 0.6) is 0 Å². The Labute approximate surface area is 118 Å². The molecule has 1 nitrogen and oxygen atoms in total. The topological polar surface area (TPSA) is 26.0 Å². The first-order valence-electron chi connectivity index (χ1n) is 5.41. The van der Waals surface area contributed by atoms with Crippen molar-refractivity contribution in [2.75, 3.05) is 0 Å². The zero-order chi connectivity index (χ0) is 12.3. The molecule has 0 bridgehead atoms. The summed E-state index contributed by atoms with van der Waals surface area (Å²) in [5.74, 6) is 0. The number of benzene rings is 2. The van der Waals surface area contributed by atoms with E-state index in [-0.39, 0.29) is 6.04 Å². The van der Waals surface area contributed by atoms with E-state index in [0.29, 0.717) is 0 Å². The van der Waals surface area contributed by atoms with Gasteiger partial charge in [0.2, 0.25) is 0 Å². The van der Waals surface area contributed by atoms with E-state index in [0.717, 1.165) is 20.9 Å². The second-order valence-corrected chi connectivity index (χ2v) is 5.73. The molecule has 0 aliphatic carbocycles. The Bertz CT molecular complexity index is 497. The van der Waals surface area contributed by atoms with Crippen LogP contribution in [0.3, 0.4) is 0 Å². The predicted molar refractivity (Wildman–Crippen MR) is 78.9 cm³/mol. The van der Waals surface area contributed by atoms with Crippen LogP contribution in [-0.2, 0) is 6.42 Å². The minimum absolute atomic E-state index is 0.0138. The van der Waals surface area contributed by atoms with Crippen molar-refractivity contribution in [3.63, 3.8) is 0 Å². The van der Waals surface area contributed by atoms with Crippen molar-refractivity contribution < 1.29 is 0 Å². The van der Waals surface area contributed by atoms with Crippen LogP contribution in [0.25, 0.3) is 0 Å². The van der Waals surface area contributed by atoms with Gasteiger partial charge in [0.25, 0.3) is 0 Å². The van der Waals surface area contributed by atoms with Crippen LogP contribution in [0, 0.1) is 0 Å². The minimum Gasteiger partial charge on any atom is -0.324 e. The predicted octanol–water partition coefficient (Wildman–Crippen LogP) is 4.45. The molecule has 0 heterocycles. The fraction of sp³-hybridized carbons (Fsp3) is 0.143. The Morgan fingerprint density at radius 2 is 1.71 bits per heavy atom. The first-order valence-corrected chi connectivity index (χ1v) is 7.00. The van der Waals surface area contributed by atoms with Gasteiger partial charge in [-0.3, -0.25) is 0 Å². The summed E-state index contributed by atoms with van der Waals surface area (Å²) in [6, 6.07) is 16.4. The molecule has 3 heteroatoms. The van der Waals surface area contributed by atoms with E-state index in [1.54, 1.807) is 0 Å². The maximum Gasteiger partial charge on any atom is 0.0347 e. The second kappa shape index (κ2) is 5.80. The van der Waals surface area contributed by atoms with Crippen molar-refractivity contribution in [2.24, 2.45) is 5.73 Å². The van der Waals surface area contributed by atoms with Crippen molar-refractivity contribution in [1.29, 1.82) is 0 Å². The molecule has 0 amide bonds. The van der Waals surface area contributed by atoms with Crippen molar-refractivity contribution >= 4 is 31.9 Å².